The van der Waals surface area contributed by atoms with E-state index in [1.165, 1.54) is 6.92 Å². The summed E-state index contributed by atoms with van der Waals surface area (Å²) in [6, 6.07) is 17.1. The van der Waals surface area contributed by atoms with Crippen LogP contribution in [0, 0.1) is 6.92 Å². The molecular formula is C20H24N2O3. The van der Waals surface area contributed by atoms with Crippen molar-refractivity contribution in [3.8, 4) is 5.75 Å². The Bertz CT molecular complexity index is 684. The normalized spacial score (nSPS) is 10.2. The molecule has 2 aromatic carbocycles. The first-order chi connectivity index (χ1) is 12.1. The molecular weight excluding hydrogens is 316 g/mol. The average molecular weight is 340 g/mol. The molecule has 0 unspecified atom stereocenters. The van der Waals surface area contributed by atoms with Gasteiger partial charge in [0, 0.05) is 25.7 Å². The van der Waals surface area contributed by atoms with E-state index in [-0.39, 0.29) is 18.2 Å². The van der Waals surface area contributed by atoms with Crippen molar-refractivity contribution in [2.24, 2.45) is 0 Å². The highest BCUT2D eigenvalue weighted by Crippen LogP contribution is 2.14. The van der Waals surface area contributed by atoms with Gasteiger partial charge < -0.3 is 15.0 Å². The van der Waals surface area contributed by atoms with Crippen LogP contribution in [0.2, 0.25) is 0 Å². The molecule has 5 nitrogen and oxygen atoms in total. The molecule has 5 heteroatoms. The molecule has 0 saturated heterocycles. The second kappa shape index (κ2) is 9.47. The van der Waals surface area contributed by atoms with Crippen molar-refractivity contribution in [1.82, 2.24) is 5.32 Å². The van der Waals surface area contributed by atoms with Crippen molar-refractivity contribution >= 4 is 17.5 Å². The number of para-hydroxylation sites is 1. The van der Waals surface area contributed by atoms with Crippen LogP contribution in [-0.2, 0) is 9.59 Å². The standard InChI is InChI=1S/C20H24N2O3/c1-16-8-10-18(11-9-16)22(17(2)23)14-13-21-20(24)12-15-25-19-6-4-3-5-7-19/h3-11H,12-15H2,1-2H3,(H,21,24). The highest BCUT2D eigenvalue weighted by molar-refractivity contribution is 5.91. The van der Waals surface area contributed by atoms with Crippen LogP contribution in [0.1, 0.15) is 18.9 Å². The Hall–Kier alpha value is -2.82. The molecule has 0 aliphatic carbocycles. The van der Waals surface area contributed by atoms with Gasteiger partial charge in [-0.3, -0.25) is 9.59 Å². The molecule has 0 aliphatic heterocycles. The van der Waals surface area contributed by atoms with Gasteiger partial charge in [0.1, 0.15) is 5.75 Å². The summed E-state index contributed by atoms with van der Waals surface area (Å²) < 4.78 is 5.50. The van der Waals surface area contributed by atoms with Crippen LogP contribution in [0.15, 0.2) is 54.6 Å². The Labute approximate surface area is 148 Å². The SMILES string of the molecule is CC(=O)N(CCNC(=O)CCOc1ccccc1)c1ccc(C)cc1. The lowest BCUT2D eigenvalue weighted by Gasteiger charge is -2.21. The minimum atomic E-state index is -0.0941. The first-order valence-corrected chi connectivity index (χ1v) is 8.35. The van der Waals surface area contributed by atoms with Crippen molar-refractivity contribution in [3.05, 3.63) is 60.2 Å². The van der Waals surface area contributed by atoms with E-state index in [4.69, 9.17) is 4.74 Å². The fourth-order valence-corrected chi connectivity index (χ4v) is 2.37. The van der Waals surface area contributed by atoms with Gasteiger partial charge >= 0.3 is 0 Å². The van der Waals surface area contributed by atoms with Gasteiger partial charge in [-0.1, -0.05) is 35.9 Å². The summed E-state index contributed by atoms with van der Waals surface area (Å²) in [4.78, 5) is 25.4. The largest absolute Gasteiger partial charge is 0.493 e. The van der Waals surface area contributed by atoms with E-state index in [1.54, 1.807) is 4.90 Å². The Morgan fingerprint density at radius 1 is 1.04 bits per heavy atom. The smallest absolute Gasteiger partial charge is 0.223 e. The molecule has 2 rings (SSSR count). The van der Waals surface area contributed by atoms with E-state index < -0.39 is 0 Å². The van der Waals surface area contributed by atoms with Crippen molar-refractivity contribution < 1.29 is 14.3 Å². The number of carbonyl (C=O) groups excluding carboxylic acids is 2. The average Bonchev–Trinajstić information content (AvgIpc) is 2.60. The van der Waals surface area contributed by atoms with Crippen LogP contribution in [-0.4, -0.2) is 31.5 Å². The van der Waals surface area contributed by atoms with Gasteiger partial charge in [0.05, 0.1) is 13.0 Å². The Morgan fingerprint density at radius 3 is 2.36 bits per heavy atom. The highest BCUT2D eigenvalue weighted by atomic mass is 16.5. The molecule has 0 atom stereocenters. The summed E-state index contributed by atoms with van der Waals surface area (Å²) in [5.41, 5.74) is 1.97. The Kier molecular flexibility index (Phi) is 7.01. The highest BCUT2D eigenvalue weighted by Gasteiger charge is 2.11. The maximum Gasteiger partial charge on any atom is 0.223 e. The molecule has 1 N–H and O–H groups in total. The fraction of sp³-hybridized carbons (Fsp3) is 0.300. The second-order valence-electron chi connectivity index (χ2n) is 5.77. The van der Waals surface area contributed by atoms with Crippen molar-refractivity contribution in [2.75, 3.05) is 24.6 Å². The zero-order valence-electron chi connectivity index (χ0n) is 14.7. The van der Waals surface area contributed by atoms with Crippen LogP contribution in [0.3, 0.4) is 0 Å². The topological polar surface area (TPSA) is 58.6 Å². The zero-order chi connectivity index (χ0) is 18.1. The lowest BCUT2D eigenvalue weighted by atomic mass is 10.2. The number of nitrogens with zero attached hydrogens (tertiary/aromatic N) is 1. The van der Waals surface area contributed by atoms with Gasteiger partial charge in [0.25, 0.3) is 0 Å². The number of amides is 2. The number of nitrogens with one attached hydrogen (secondary N) is 1. The Morgan fingerprint density at radius 2 is 1.72 bits per heavy atom. The number of benzene rings is 2. The predicted octanol–water partition coefficient (Wildman–Crippen LogP) is 2.93. The summed E-state index contributed by atoms with van der Waals surface area (Å²) in [7, 11) is 0. The summed E-state index contributed by atoms with van der Waals surface area (Å²) >= 11 is 0. The maximum atomic E-state index is 11.9. The number of rotatable bonds is 8. The molecule has 2 amide bonds. The minimum absolute atomic E-state index is 0.0505. The second-order valence-corrected chi connectivity index (χ2v) is 5.77. The fourth-order valence-electron chi connectivity index (χ4n) is 2.37. The van der Waals surface area contributed by atoms with Crippen LogP contribution >= 0.6 is 0 Å². The lowest BCUT2D eigenvalue weighted by molar-refractivity contribution is -0.122. The molecule has 2 aromatic rings. The number of hydrogen-bond donors (Lipinski definition) is 1. The van der Waals surface area contributed by atoms with E-state index in [1.807, 2.05) is 61.5 Å². The van der Waals surface area contributed by atoms with E-state index in [0.717, 1.165) is 17.0 Å². The number of anilines is 1. The summed E-state index contributed by atoms with van der Waals surface area (Å²) in [6.45, 7) is 4.68. The zero-order valence-corrected chi connectivity index (χ0v) is 14.7. The molecule has 0 radical (unpaired) electrons. The first-order valence-electron chi connectivity index (χ1n) is 8.35. The van der Waals surface area contributed by atoms with Crippen LogP contribution < -0.4 is 15.0 Å². The molecule has 25 heavy (non-hydrogen) atoms. The minimum Gasteiger partial charge on any atom is -0.493 e. The third-order valence-electron chi connectivity index (χ3n) is 3.72. The molecule has 132 valence electrons. The molecule has 0 saturated carbocycles. The maximum absolute atomic E-state index is 11.9. The van der Waals surface area contributed by atoms with Crippen LogP contribution in [0.25, 0.3) is 0 Å². The summed E-state index contributed by atoms with van der Waals surface area (Å²) in [5.74, 6) is 0.603. The number of ether oxygens (including phenoxy) is 1. The van der Waals surface area contributed by atoms with E-state index >= 15 is 0 Å². The summed E-state index contributed by atoms with van der Waals surface area (Å²) in [6.07, 6.45) is 0.277. The van der Waals surface area contributed by atoms with E-state index in [0.29, 0.717) is 19.7 Å². The summed E-state index contributed by atoms with van der Waals surface area (Å²) in [5, 5.41) is 2.82. The van der Waals surface area contributed by atoms with Crippen molar-refractivity contribution in [2.45, 2.75) is 20.3 Å². The van der Waals surface area contributed by atoms with Gasteiger partial charge in [0.15, 0.2) is 0 Å². The number of aryl methyl sites for hydroxylation is 1. The number of carbonyl (C=O) groups is 2. The lowest BCUT2D eigenvalue weighted by Crippen LogP contribution is -2.37. The molecule has 0 aliphatic rings. The van der Waals surface area contributed by atoms with Gasteiger partial charge in [-0.15, -0.1) is 0 Å². The monoisotopic (exact) mass is 340 g/mol. The first kappa shape index (κ1) is 18.5. The van der Waals surface area contributed by atoms with Crippen LogP contribution in [0.4, 0.5) is 5.69 Å². The van der Waals surface area contributed by atoms with Crippen molar-refractivity contribution in [1.29, 1.82) is 0 Å². The van der Waals surface area contributed by atoms with Crippen LogP contribution in [0.5, 0.6) is 5.75 Å². The Balaban J connectivity index is 1.73. The van der Waals surface area contributed by atoms with Gasteiger partial charge in [0.2, 0.25) is 11.8 Å². The van der Waals surface area contributed by atoms with Crippen molar-refractivity contribution in [3.63, 3.8) is 0 Å². The molecule has 0 spiro atoms. The van der Waals surface area contributed by atoms with E-state index in [2.05, 4.69) is 5.32 Å². The third-order valence-corrected chi connectivity index (χ3v) is 3.72. The molecule has 0 heterocycles. The molecule has 0 aromatic heterocycles. The van der Waals surface area contributed by atoms with Gasteiger partial charge in [-0.05, 0) is 31.2 Å². The third kappa shape index (κ3) is 6.30. The number of hydrogen-bond acceptors (Lipinski definition) is 3. The van der Waals surface area contributed by atoms with Gasteiger partial charge in [-0.2, -0.15) is 0 Å². The predicted molar refractivity (Wildman–Crippen MR) is 98.8 cm³/mol. The molecule has 0 fully saturated rings. The quantitative estimate of drug-likeness (QED) is 0.804. The molecule has 0 bridgehead atoms. The van der Waals surface area contributed by atoms with Gasteiger partial charge in [-0.25, -0.2) is 0 Å². The van der Waals surface area contributed by atoms with E-state index in [9.17, 15) is 9.59 Å².